The highest BCUT2D eigenvalue weighted by molar-refractivity contribution is 6.18. The summed E-state index contributed by atoms with van der Waals surface area (Å²) in [5.41, 5.74) is -1.18. The number of benzene rings is 1. The second-order valence-electron chi connectivity index (χ2n) is 2.93. The molecule has 0 aliphatic heterocycles. The number of halogens is 5. The highest BCUT2D eigenvalue weighted by Gasteiger charge is 2.30. The summed E-state index contributed by atoms with van der Waals surface area (Å²) in [6, 6.07) is 2.13. The van der Waals surface area contributed by atoms with Crippen LogP contribution in [0.3, 0.4) is 0 Å². The standard InChI is InChI=1S/C11H7ClF4/c12-6-2-1-3-8-7-9(11(14,15)16)4-5-10(8)13/h4-5,7H,2,6H2. The summed E-state index contributed by atoms with van der Waals surface area (Å²) in [5.74, 6) is 4.29. The van der Waals surface area contributed by atoms with E-state index >= 15 is 0 Å². The minimum absolute atomic E-state index is 0.258. The molecule has 0 saturated carbocycles. The number of rotatable bonds is 1. The molecule has 1 aromatic rings. The minimum atomic E-state index is -4.49. The second-order valence-corrected chi connectivity index (χ2v) is 3.31. The van der Waals surface area contributed by atoms with E-state index in [1.165, 1.54) is 0 Å². The van der Waals surface area contributed by atoms with Crippen molar-refractivity contribution >= 4 is 11.6 Å². The first kappa shape index (κ1) is 12.9. The van der Waals surface area contributed by atoms with Crippen molar-refractivity contribution in [2.45, 2.75) is 12.6 Å². The van der Waals surface area contributed by atoms with Gasteiger partial charge < -0.3 is 0 Å². The molecule has 1 aromatic carbocycles. The van der Waals surface area contributed by atoms with Crippen LogP contribution in [0.2, 0.25) is 0 Å². The van der Waals surface area contributed by atoms with Gasteiger partial charge in [-0.15, -0.1) is 11.6 Å². The fourth-order valence-electron chi connectivity index (χ4n) is 1.00. The third kappa shape index (κ3) is 3.42. The normalized spacial score (nSPS) is 10.8. The van der Waals surface area contributed by atoms with Gasteiger partial charge in [0.1, 0.15) is 5.82 Å². The summed E-state index contributed by atoms with van der Waals surface area (Å²) in [4.78, 5) is 0. The monoisotopic (exact) mass is 250 g/mol. The third-order valence-electron chi connectivity index (χ3n) is 1.74. The van der Waals surface area contributed by atoms with Crippen LogP contribution < -0.4 is 0 Å². The molecule has 86 valence electrons. The number of hydrogen-bond acceptors (Lipinski definition) is 0. The molecule has 0 atom stereocenters. The van der Waals surface area contributed by atoms with Crippen LogP contribution in [0.15, 0.2) is 18.2 Å². The summed E-state index contributed by atoms with van der Waals surface area (Å²) in [5, 5.41) is 0. The summed E-state index contributed by atoms with van der Waals surface area (Å²) in [7, 11) is 0. The molecule has 0 bridgehead atoms. The van der Waals surface area contributed by atoms with Gasteiger partial charge in [-0.3, -0.25) is 0 Å². The maximum Gasteiger partial charge on any atom is 0.416 e. The van der Waals surface area contributed by atoms with Gasteiger partial charge in [-0.1, -0.05) is 11.8 Å². The fraction of sp³-hybridized carbons (Fsp3) is 0.273. The largest absolute Gasteiger partial charge is 0.416 e. The van der Waals surface area contributed by atoms with Crippen molar-refractivity contribution in [2.75, 3.05) is 5.88 Å². The molecule has 0 aliphatic carbocycles. The van der Waals surface area contributed by atoms with E-state index in [9.17, 15) is 17.6 Å². The SMILES string of the molecule is Fc1ccc(C(F)(F)F)cc1C#CCCCl. The first-order chi connectivity index (χ1) is 7.45. The van der Waals surface area contributed by atoms with Crippen LogP contribution in [-0.4, -0.2) is 5.88 Å². The molecule has 16 heavy (non-hydrogen) atoms. The molecule has 0 spiro atoms. The van der Waals surface area contributed by atoms with Crippen molar-refractivity contribution in [3.05, 3.63) is 35.1 Å². The molecule has 0 N–H and O–H groups in total. The zero-order valence-electron chi connectivity index (χ0n) is 8.04. The number of hydrogen-bond donors (Lipinski definition) is 0. The molecule has 0 fully saturated rings. The Balaban J connectivity index is 3.06. The van der Waals surface area contributed by atoms with Gasteiger partial charge in [0.05, 0.1) is 11.1 Å². The van der Waals surface area contributed by atoms with Gasteiger partial charge in [0.15, 0.2) is 0 Å². The van der Waals surface area contributed by atoms with Crippen LogP contribution in [0.25, 0.3) is 0 Å². The Hall–Kier alpha value is -1.21. The molecule has 0 unspecified atom stereocenters. The molecule has 0 aromatic heterocycles. The van der Waals surface area contributed by atoms with Gasteiger partial charge in [-0.2, -0.15) is 13.2 Å². The van der Waals surface area contributed by atoms with Crippen molar-refractivity contribution in [1.29, 1.82) is 0 Å². The average Bonchev–Trinajstić information content (AvgIpc) is 2.19. The molecule has 0 saturated heterocycles. The average molecular weight is 251 g/mol. The van der Waals surface area contributed by atoms with E-state index in [-0.39, 0.29) is 11.4 Å². The van der Waals surface area contributed by atoms with Gasteiger partial charge >= 0.3 is 6.18 Å². The summed E-state index contributed by atoms with van der Waals surface area (Å²) >= 11 is 5.34. The molecule has 0 nitrogen and oxygen atoms in total. The Kier molecular flexibility index (Phi) is 4.19. The highest BCUT2D eigenvalue weighted by Crippen LogP contribution is 2.30. The van der Waals surface area contributed by atoms with E-state index in [0.717, 1.165) is 6.07 Å². The van der Waals surface area contributed by atoms with Gasteiger partial charge in [-0.05, 0) is 18.2 Å². The predicted octanol–water partition coefficient (Wildman–Crippen LogP) is 3.82. The van der Waals surface area contributed by atoms with Crippen LogP contribution >= 0.6 is 11.6 Å². The Morgan fingerprint density at radius 3 is 2.50 bits per heavy atom. The van der Waals surface area contributed by atoms with Crippen LogP contribution in [-0.2, 0) is 6.18 Å². The van der Waals surface area contributed by atoms with E-state index < -0.39 is 17.6 Å². The molecular formula is C11H7ClF4. The lowest BCUT2D eigenvalue weighted by atomic mass is 10.1. The second kappa shape index (κ2) is 5.22. The highest BCUT2D eigenvalue weighted by atomic mass is 35.5. The molecule has 1 rings (SSSR count). The van der Waals surface area contributed by atoms with Crippen molar-refractivity contribution in [3.8, 4) is 11.8 Å². The Bertz CT molecular complexity index is 426. The van der Waals surface area contributed by atoms with Gasteiger partial charge in [0.25, 0.3) is 0 Å². The van der Waals surface area contributed by atoms with E-state index in [1.54, 1.807) is 0 Å². The van der Waals surface area contributed by atoms with Crippen molar-refractivity contribution in [3.63, 3.8) is 0 Å². The Morgan fingerprint density at radius 2 is 1.94 bits per heavy atom. The molecule has 5 heteroatoms. The molecule has 0 heterocycles. The molecule has 0 amide bonds. The third-order valence-corrected chi connectivity index (χ3v) is 1.93. The van der Waals surface area contributed by atoms with Gasteiger partial charge in [-0.25, -0.2) is 4.39 Å². The topological polar surface area (TPSA) is 0 Å². The van der Waals surface area contributed by atoms with E-state index in [4.69, 9.17) is 11.6 Å². The summed E-state index contributed by atoms with van der Waals surface area (Å²) in [6.45, 7) is 0. The van der Waals surface area contributed by atoms with Gasteiger partial charge in [0.2, 0.25) is 0 Å². The quantitative estimate of drug-likeness (QED) is 0.404. The first-order valence-electron chi connectivity index (χ1n) is 4.36. The first-order valence-corrected chi connectivity index (χ1v) is 4.90. The smallest absolute Gasteiger partial charge is 0.206 e. The van der Waals surface area contributed by atoms with Crippen LogP contribution in [0.5, 0.6) is 0 Å². The molecule has 0 aliphatic rings. The van der Waals surface area contributed by atoms with E-state index in [2.05, 4.69) is 11.8 Å². The number of alkyl halides is 4. The lowest BCUT2D eigenvalue weighted by Gasteiger charge is -2.06. The van der Waals surface area contributed by atoms with Crippen LogP contribution in [0.4, 0.5) is 17.6 Å². The Labute approximate surface area is 95.2 Å². The van der Waals surface area contributed by atoms with Crippen LogP contribution in [0, 0.1) is 17.7 Å². The van der Waals surface area contributed by atoms with Crippen LogP contribution in [0.1, 0.15) is 17.5 Å². The van der Waals surface area contributed by atoms with Crippen molar-refractivity contribution < 1.29 is 17.6 Å². The summed E-state index contributed by atoms with van der Waals surface area (Å²) < 4.78 is 50.0. The van der Waals surface area contributed by atoms with Crippen molar-refractivity contribution in [2.24, 2.45) is 0 Å². The zero-order chi connectivity index (χ0) is 12.2. The lowest BCUT2D eigenvalue weighted by Crippen LogP contribution is -2.05. The maximum atomic E-state index is 13.1. The van der Waals surface area contributed by atoms with Crippen molar-refractivity contribution in [1.82, 2.24) is 0 Å². The Morgan fingerprint density at radius 1 is 1.25 bits per heavy atom. The van der Waals surface area contributed by atoms with E-state index in [1.807, 2.05) is 0 Å². The fourth-order valence-corrected chi connectivity index (χ4v) is 1.10. The molecule has 0 radical (unpaired) electrons. The predicted molar refractivity (Wildman–Crippen MR) is 53.6 cm³/mol. The van der Waals surface area contributed by atoms with Gasteiger partial charge in [0, 0.05) is 12.3 Å². The zero-order valence-corrected chi connectivity index (χ0v) is 8.79. The minimum Gasteiger partial charge on any atom is -0.206 e. The summed E-state index contributed by atoms with van der Waals surface area (Å²) in [6.07, 6.45) is -4.19. The lowest BCUT2D eigenvalue weighted by molar-refractivity contribution is -0.137. The molecular weight excluding hydrogens is 244 g/mol. The maximum absolute atomic E-state index is 13.1. The van der Waals surface area contributed by atoms with E-state index in [0.29, 0.717) is 18.6 Å².